The van der Waals surface area contributed by atoms with Gasteiger partial charge in [-0.3, -0.25) is 9.82 Å². The maximum Gasteiger partial charge on any atom is 0.268 e. The van der Waals surface area contributed by atoms with Crippen molar-refractivity contribution < 1.29 is 12.9 Å². The van der Waals surface area contributed by atoms with Crippen LogP contribution in [0.15, 0.2) is 21.6 Å². The molecule has 0 spiro atoms. The number of aryl methyl sites for hydroxylation is 3. The fourth-order valence-corrected chi connectivity index (χ4v) is 3.47. The van der Waals surface area contributed by atoms with Gasteiger partial charge in [0, 0.05) is 5.69 Å². The number of hydrogen-bond donors (Lipinski definition) is 2. The number of nitrogens with zero attached hydrogens (tertiary/aromatic N) is 3. The van der Waals surface area contributed by atoms with Crippen molar-refractivity contribution in [3.63, 3.8) is 0 Å². The van der Waals surface area contributed by atoms with Gasteiger partial charge in [0.2, 0.25) is 0 Å². The maximum absolute atomic E-state index is 12.4. The van der Waals surface area contributed by atoms with Crippen LogP contribution < -0.4 is 4.72 Å². The Morgan fingerprint density at radius 1 is 1.24 bits per heavy atom. The van der Waals surface area contributed by atoms with Gasteiger partial charge in [-0.1, -0.05) is 5.16 Å². The lowest BCUT2D eigenvalue weighted by molar-refractivity contribution is 0.390. The van der Waals surface area contributed by atoms with E-state index >= 15 is 0 Å². The summed E-state index contributed by atoms with van der Waals surface area (Å²) in [4.78, 5) is 4.27. The van der Waals surface area contributed by atoms with Crippen LogP contribution in [-0.4, -0.2) is 28.8 Å². The fourth-order valence-electron chi connectivity index (χ4n) is 2.12. The zero-order valence-electron chi connectivity index (χ0n) is 11.6. The van der Waals surface area contributed by atoms with Crippen LogP contribution in [0.2, 0.25) is 0 Å². The molecule has 3 rings (SSSR count). The molecule has 0 aromatic carbocycles. The van der Waals surface area contributed by atoms with Crippen molar-refractivity contribution >= 4 is 26.9 Å². The van der Waals surface area contributed by atoms with Crippen LogP contribution in [0.3, 0.4) is 0 Å². The van der Waals surface area contributed by atoms with Gasteiger partial charge in [-0.25, -0.2) is 13.4 Å². The van der Waals surface area contributed by atoms with E-state index < -0.39 is 10.0 Å². The van der Waals surface area contributed by atoms with Crippen molar-refractivity contribution in [2.45, 2.75) is 25.7 Å². The molecule has 3 aromatic rings. The third-order valence-corrected chi connectivity index (χ3v) is 4.61. The molecule has 0 bridgehead atoms. The van der Waals surface area contributed by atoms with Crippen LogP contribution >= 0.6 is 0 Å². The Morgan fingerprint density at radius 2 is 2.00 bits per heavy atom. The largest absolute Gasteiger partial charge is 0.360 e. The predicted molar refractivity (Wildman–Crippen MR) is 75.4 cm³/mol. The van der Waals surface area contributed by atoms with Crippen LogP contribution in [0.4, 0.5) is 5.82 Å². The molecule has 8 nitrogen and oxygen atoms in total. The van der Waals surface area contributed by atoms with Gasteiger partial charge in [0.25, 0.3) is 10.0 Å². The summed E-state index contributed by atoms with van der Waals surface area (Å²) in [6.45, 7) is 4.95. The van der Waals surface area contributed by atoms with E-state index in [0.29, 0.717) is 16.7 Å². The van der Waals surface area contributed by atoms with Gasteiger partial charge < -0.3 is 4.52 Å². The number of nitrogens with one attached hydrogen (secondary N) is 2. The number of pyridine rings is 1. The van der Waals surface area contributed by atoms with Crippen LogP contribution in [-0.2, 0) is 10.0 Å². The Kier molecular flexibility index (Phi) is 2.94. The van der Waals surface area contributed by atoms with Gasteiger partial charge in [-0.2, -0.15) is 5.10 Å². The first-order valence-electron chi connectivity index (χ1n) is 6.16. The maximum atomic E-state index is 12.4. The van der Waals surface area contributed by atoms with Gasteiger partial charge in [0.15, 0.2) is 22.1 Å². The average molecular weight is 307 g/mol. The molecule has 110 valence electrons. The Hall–Kier alpha value is -2.42. The molecular weight excluding hydrogens is 294 g/mol. The third kappa shape index (κ3) is 2.25. The van der Waals surface area contributed by atoms with Crippen LogP contribution in [0.5, 0.6) is 0 Å². The van der Waals surface area contributed by atoms with Gasteiger partial charge >= 0.3 is 0 Å². The Bertz CT molecular complexity index is 906. The quantitative estimate of drug-likeness (QED) is 0.761. The van der Waals surface area contributed by atoms with Crippen LogP contribution in [0, 0.1) is 20.8 Å². The second-order valence-corrected chi connectivity index (χ2v) is 6.30. The van der Waals surface area contributed by atoms with Gasteiger partial charge in [-0.15, -0.1) is 0 Å². The topological polar surface area (TPSA) is 114 Å². The normalized spacial score (nSPS) is 12.0. The van der Waals surface area contributed by atoms with E-state index in [1.54, 1.807) is 26.0 Å². The zero-order valence-corrected chi connectivity index (χ0v) is 12.4. The molecule has 0 unspecified atom stereocenters. The van der Waals surface area contributed by atoms with Crippen molar-refractivity contribution in [3.8, 4) is 0 Å². The Morgan fingerprint density at radius 3 is 2.67 bits per heavy atom. The lowest BCUT2D eigenvalue weighted by Gasteiger charge is -2.04. The molecule has 0 saturated heterocycles. The first-order valence-corrected chi connectivity index (χ1v) is 7.64. The molecule has 0 radical (unpaired) electrons. The molecular formula is C12H13N5O3S. The molecule has 21 heavy (non-hydrogen) atoms. The highest BCUT2D eigenvalue weighted by Crippen LogP contribution is 2.25. The van der Waals surface area contributed by atoms with Crippen LogP contribution in [0.25, 0.3) is 11.0 Å². The lowest BCUT2D eigenvalue weighted by atomic mass is 10.3. The average Bonchev–Trinajstić information content (AvgIpc) is 2.93. The number of rotatable bonds is 3. The summed E-state index contributed by atoms with van der Waals surface area (Å²) in [6, 6.07) is 3.54. The summed E-state index contributed by atoms with van der Waals surface area (Å²) in [7, 11) is -3.82. The minimum absolute atomic E-state index is 0.0266. The van der Waals surface area contributed by atoms with Crippen LogP contribution in [0.1, 0.15) is 17.1 Å². The highest BCUT2D eigenvalue weighted by Gasteiger charge is 2.25. The predicted octanol–water partition coefficient (Wildman–Crippen LogP) is 1.67. The molecule has 2 N–H and O–H groups in total. The van der Waals surface area contributed by atoms with Crippen molar-refractivity contribution in [1.29, 1.82) is 0 Å². The van der Waals surface area contributed by atoms with Gasteiger partial charge in [0.1, 0.15) is 5.69 Å². The van der Waals surface area contributed by atoms with Crippen molar-refractivity contribution in [1.82, 2.24) is 20.3 Å². The van der Waals surface area contributed by atoms with E-state index in [-0.39, 0.29) is 16.5 Å². The molecule has 3 heterocycles. The second kappa shape index (κ2) is 4.55. The van der Waals surface area contributed by atoms with E-state index in [1.807, 2.05) is 6.92 Å². The third-order valence-electron chi connectivity index (χ3n) is 3.03. The van der Waals surface area contributed by atoms with Crippen molar-refractivity contribution in [2.24, 2.45) is 0 Å². The monoisotopic (exact) mass is 307 g/mol. The van der Waals surface area contributed by atoms with E-state index in [2.05, 4.69) is 25.1 Å². The summed E-state index contributed by atoms with van der Waals surface area (Å²) >= 11 is 0. The Balaban J connectivity index is 2.06. The molecule has 3 aromatic heterocycles. The second-order valence-electron chi connectivity index (χ2n) is 4.68. The van der Waals surface area contributed by atoms with Crippen molar-refractivity contribution in [3.05, 3.63) is 29.3 Å². The number of sulfonamides is 1. The minimum Gasteiger partial charge on any atom is -0.360 e. The van der Waals surface area contributed by atoms with E-state index in [4.69, 9.17) is 4.52 Å². The molecule has 0 aliphatic heterocycles. The van der Waals surface area contributed by atoms with E-state index in [0.717, 1.165) is 5.69 Å². The highest BCUT2D eigenvalue weighted by molar-refractivity contribution is 7.92. The number of fused-ring (bicyclic) bond motifs is 1. The summed E-state index contributed by atoms with van der Waals surface area (Å²) < 4.78 is 32.2. The smallest absolute Gasteiger partial charge is 0.268 e. The first kappa shape index (κ1) is 13.6. The number of H-pyrrole nitrogens is 1. The number of aromatic amines is 1. The molecule has 0 atom stereocenters. The van der Waals surface area contributed by atoms with E-state index in [9.17, 15) is 8.42 Å². The summed E-state index contributed by atoms with van der Waals surface area (Å²) in [5.41, 5.74) is 1.63. The number of aromatic nitrogens is 4. The van der Waals surface area contributed by atoms with Gasteiger partial charge in [-0.05, 0) is 32.9 Å². The zero-order chi connectivity index (χ0) is 15.2. The summed E-state index contributed by atoms with van der Waals surface area (Å²) in [5, 5.41) is 10.9. The summed E-state index contributed by atoms with van der Waals surface area (Å²) in [6.07, 6.45) is 0. The number of hydrogen-bond acceptors (Lipinski definition) is 6. The van der Waals surface area contributed by atoms with Crippen molar-refractivity contribution in [2.75, 3.05) is 4.72 Å². The minimum atomic E-state index is -3.82. The molecule has 0 aliphatic carbocycles. The molecule has 0 amide bonds. The van der Waals surface area contributed by atoms with E-state index in [1.165, 1.54) is 0 Å². The molecule has 9 heteroatoms. The van der Waals surface area contributed by atoms with Gasteiger partial charge in [0.05, 0.1) is 5.39 Å². The first-order chi connectivity index (χ1) is 9.88. The number of anilines is 1. The molecule has 0 aliphatic rings. The summed E-state index contributed by atoms with van der Waals surface area (Å²) in [5.74, 6) is 0.423. The highest BCUT2D eigenvalue weighted by atomic mass is 32.2. The Labute approximate surface area is 120 Å². The standard InChI is InChI=1S/C12H13N5O3S/c1-6-4-5-9-11(13-6)14-15-12(9)17-21(18,19)10-7(2)16-20-8(10)3/h4-5H,1-3H3,(H2,13,14,15,17). The lowest BCUT2D eigenvalue weighted by Crippen LogP contribution is -2.15. The molecule has 0 saturated carbocycles. The fraction of sp³-hybridized carbons (Fsp3) is 0.250. The molecule has 0 fully saturated rings. The SMILES string of the molecule is Cc1ccc2c(NS(=O)(=O)c3c(C)noc3C)n[nH]c2n1.